The second-order valence-corrected chi connectivity index (χ2v) is 5.10. The highest BCUT2D eigenvalue weighted by atomic mass is 16.5. The molecule has 0 atom stereocenters. The summed E-state index contributed by atoms with van der Waals surface area (Å²) in [6, 6.07) is 0. The number of ether oxygens (including phenoxy) is 1. The molecule has 1 saturated heterocycles. The fourth-order valence-corrected chi connectivity index (χ4v) is 2.47. The van der Waals surface area contributed by atoms with Crippen molar-refractivity contribution < 1.29 is 4.74 Å². The van der Waals surface area contributed by atoms with E-state index in [1.807, 2.05) is 18.7 Å². The van der Waals surface area contributed by atoms with E-state index in [-0.39, 0.29) is 0 Å². The zero-order chi connectivity index (χ0) is 12.5. The smallest absolute Gasteiger partial charge is 0.0946 e. The minimum Gasteiger partial charge on any atom is -0.381 e. The van der Waals surface area contributed by atoms with Gasteiger partial charge in [-0.15, -0.1) is 0 Å². The molecule has 0 radical (unpaired) electrons. The van der Waals surface area contributed by atoms with Gasteiger partial charge >= 0.3 is 0 Å². The molecule has 4 heteroatoms. The highest BCUT2D eigenvalue weighted by Gasteiger charge is 2.12. The molecule has 4 nitrogen and oxygen atoms in total. The maximum absolute atomic E-state index is 5.37. The van der Waals surface area contributed by atoms with Crippen molar-refractivity contribution in [1.82, 2.24) is 14.9 Å². The SMILES string of the molecule is c1cn(CCNCCCCC2CCOCC2)cn1. The maximum Gasteiger partial charge on any atom is 0.0946 e. The van der Waals surface area contributed by atoms with Gasteiger partial charge in [0.25, 0.3) is 0 Å². The number of unbranched alkanes of at least 4 members (excludes halogenated alkanes) is 1. The lowest BCUT2D eigenvalue weighted by Gasteiger charge is -2.21. The molecule has 2 heterocycles. The molecule has 0 spiro atoms. The van der Waals surface area contributed by atoms with Crippen molar-refractivity contribution in [2.24, 2.45) is 5.92 Å². The molecule has 0 aliphatic carbocycles. The van der Waals surface area contributed by atoms with Gasteiger partial charge in [0.15, 0.2) is 0 Å². The van der Waals surface area contributed by atoms with E-state index in [9.17, 15) is 0 Å². The van der Waals surface area contributed by atoms with Gasteiger partial charge in [0.2, 0.25) is 0 Å². The standard InChI is InChI=1S/C14H25N3O/c1(3-14-4-11-18-12-5-14)2-6-15-7-9-17-10-8-16-13-17/h8,10,13-15H,1-7,9,11-12H2. The van der Waals surface area contributed by atoms with Gasteiger partial charge in [-0.25, -0.2) is 4.98 Å². The molecule has 1 aliphatic rings. The van der Waals surface area contributed by atoms with E-state index in [2.05, 4.69) is 14.9 Å². The first-order valence-electron chi connectivity index (χ1n) is 7.19. The minimum atomic E-state index is 0.921. The van der Waals surface area contributed by atoms with Crippen molar-refractivity contribution in [3.05, 3.63) is 18.7 Å². The fourth-order valence-electron chi connectivity index (χ4n) is 2.47. The van der Waals surface area contributed by atoms with E-state index in [1.54, 1.807) is 0 Å². The minimum absolute atomic E-state index is 0.921. The molecule has 102 valence electrons. The summed E-state index contributed by atoms with van der Waals surface area (Å²) < 4.78 is 7.48. The van der Waals surface area contributed by atoms with Gasteiger partial charge in [0.05, 0.1) is 6.33 Å². The van der Waals surface area contributed by atoms with Crippen molar-refractivity contribution in [3.8, 4) is 0 Å². The second-order valence-electron chi connectivity index (χ2n) is 5.10. The number of rotatable bonds is 8. The molecule has 0 bridgehead atoms. The van der Waals surface area contributed by atoms with E-state index in [0.717, 1.165) is 38.8 Å². The van der Waals surface area contributed by atoms with Crippen LogP contribution < -0.4 is 5.32 Å². The Balaban J connectivity index is 1.39. The first kappa shape index (κ1) is 13.6. The average Bonchev–Trinajstić information content (AvgIpc) is 2.92. The summed E-state index contributed by atoms with van der Waals surface area (Å²) in [5, 5.41) is 3.49. The van der Waals surface area contributed by atoms with Crippen LogP contribution >= 0.6 is 0 Å². The monoisotopic (exact) mass is 251 g/mol. The van der Waals surface area contributed by atoms with E-state index < -0.39 is 0 Å². The molecule has 0 aromatic carbocycles. The Kier molecular flexibility index (Phi) is 6.23. The van der Waals surface area contributed by atoms with Crippen molar-refractivity contribution in [3.63, 3.8) is 0 Å². The summed E-state index contributed by atoms with van der Waals surface area (Å²) in [5.41, 5.74) is 0. The first-order chi connectivity index (χ1) is 8.95. The van der Waals surface area contributed by atoms with Crippen LogP contribution in [-0.4, -0.2) is 35.9 Å². The van der Waals surface area contributed by atoms with Crippen molar-refractivity contribution >= 4 is 0 Å². The summed E-state index contributed by atoms with van der Waals surface area (Å²) >= 11 is 0. The molecule has 1 aromatic heterocycles. The Morgan fingerprint density at radius 1 is 1.22 bits per heavy atom. The predicted octanol–water partition coefficient (Wildman–Crippen LogP) is 2.07. The summed E-state index contributed by atoms with van der Waals surface area (Å²) in [6.07, 6.45) is 12.3. The highest BCUT2D eigenvalue weighted by molar-refractivity contribution is 4.74. The van der Waals surface area contributed by atoms with Gasteiger partial charge in [-0.05, 0) is 31.7 Å². The van der Waals surface area contributed by atoms with Gasteiger partial charge < -0.3 is 14.6 Å². The molecule has 18 heavy (non-hydrogen) atoms. The van der Waals surface area contributed by atoms with E-state index in [1.165, 1.54) is 32.1 Å². The van der Waals surface area contributed by atoms with Crippen LogP contribution in [-0.2, 0) is 11.3 Å². The van der Waals surface area contributed by atoms with Gasteiger partial charge in [-0.1, -0.05) is 12.8 Å². The molecule has 1 fully saturated rings. The van der Waals surface area contributed by atoms with Crippen LogP contribution in [0.2, 0.25) is 0 Å². The van der Waals surface area contributed by atoms with Gasteiger partial charge in [0, 0.05) is 38.7 Å². The topological polar surface area (TPSA) is 39.1 Å². The van der Waals surface area contributed by atoms with Crippen LogP contribution in [0.25, 0.3) is 0 Å². The molecular weight excluding hydrogens is 226 g/mol. The quantitative estimate of drug-likeness (QED) is 0.719. The zero-order valence-corrected chi connectivity index (χ0v) is 11.2. The summed E-state index contributed by atoms with van der Waals surface area (Å²) in [7, 11) is 0. The maximum atomic E-state index is 5.37. The largest absolute Gasteiger partial charge is 0.381 e. The van der Waals surface area contributed by atoms with E-state index in [4.69, 9.17) is 4.74 Å². The van der Waals surface area contributed by atoms with Crippen LogP contribution in [0.5, 0.6) is 0 Å². The molecule has 2 rings (SSSR count). The first-order valence-corrected chi connectivity index (χ1v) is 7.19. The molecule has 0 saturated carbocycles. The van der Waals surface area contributed by atoms with Gasteiger partial charge in [-0.2, -0.15) is 0 Å². The molecule has 0 amide bonds. The third-order valence-corrected chi connectivity index (χ3v) is 3.66. The van der Waals surface area contributed by atoms with Gasteiger partial charge in [-0.3, -0.25) is 0 Å². The molecule has 0 unspecified atom stereocenters. The van der Waals surface area contributed by atoms with Crippen LogP contribution in [0.15, 0.2) is 18.7 Å². The van der Waals surface area contributed by atoms with Crippen molar-refractivity contribution in [2.75, 3.05) is 26.3 Å². The normalized spacial score (nSPS) is 17.1. The van der Waals surface area contributed by atoms with Crippen molar-refractivity contribution in [1.29, 1.82) is 0 Å². The number of nitrogens with one attached hydrogen (secondary N) is 1. The molecule has 1 aliphatic heterocycles. The molecular formula is C14H25N3O. The van der Waals surface area contributed by atoms with Crippen LogP contribution in [0, 0.1) is 5.92 Å². The average molecular weight is 251 g/mol. The Bertz CT molecular complexity index is 294. The third-order valence-electron chi connectivity index (χ3n) is 3.66. The van der Waals surface area contributed by atoms with Gasteiger partial charge in [0.1, 0.15) is 0 Å². The Morgan fingerprint density at radius 3 is 2.89 bits per heavy atom. The number of hydrogen-bond acceptors (Lipinski definition) is 3. The Hall–Kier alpha value is -0.870. The number of imidazole rings is 1. The summed E-state index contributed by atoms with van der Waals surface area (Å²) in [5.74, 6) is 0.921. The predicted molar refractivity (Wildman–Crippen MR) is 72.5 cm³/mol. The molecule has 1 aromatic rings. The van der Waals surface area contributed by atoms with Crippen LogP contribution in [0.3, 0.4) is 0 Å². The number of hydrogen-bond donors (Lipinski definition) is 1. The summed E-state index contributed by atoms with van der Waals surface area (Å²) in [4.78, 5) is 4.03. The second kappa shape index (κ2) is 8.27. The lowest BCUT2D eigenvalue weighted by atomic mass is 9.94. The summed E-state index contributed by atoms with van der Waals surface area (Å²) in [6.45, 7) is 5.15. The molecule has 1 N–H and O–H groups in total. The van der Waals surface area contributed by atoms with Crippen LogP contribution in [0.1, 0.15) is 32.1 Å². The number of nitrogens with zero attached hydrogens (tertiary/aromatic N) is 2. The zero-order valence-electron chi connectivity index (χ0n) is 11.2. The fraction of sp³-hybridized carbons (Fsp3) is 0.786. The van der Waals surface area contributed by atoms with E-state index >= 15 is 0 Å². The highest BCUT2D eigenvalue weighted by Crippen LogP contribution is 2.20. The van der Waals surface area contributed by atoms with Crippen molar-refractivity contribution in [2.45, 2.75) is 38.6 Å². The van der Waals surface area contributed by atoms with Crippen LogP contribution in [0.4, 0.5) is 0 Å². The lowest BCUT2D eigenvalue weighted by molar-refractivity contribution is 0.0632. The Morgan fingerprint density at radius 2 is 2.11 bits per heavy atom. The van der Waals surface area contributed by atoms with E-state index in [0.29, 0.717) is 0 Å². The Labute approximate surface area is 110 Å². The lowest BCUT2D eigenvalue weighted by Crippen LogP contribution is -2.21. The third kappa shape index (κ3) is 5.19. The number of aromatic nitrogens is 2.